The average molecular weight is 315 g/mol. The van der Waals surface area contributed by atoms with Gasteiger partial charge in [0.1, 0.15) is 0 Å². The minimum absolute atomic E-state index is 0.0994. The minimum atomic E-state index is -4.37. The van der Waals surface area contributed by atoms with Gasteiger partial charge in [-0.25, -0.2) is 0 Å². The summed E-state index contributed by atoms with van der Waals surface area (Å²) in [4.78, 5) is 15.6. The van der Waals surface area contributed by atoms with Crippen LogP contribution in [0.25, 0.3) is 0 Å². The van der Waals surface area contributed by atoms with Gasteiger partial charge < -0.3 is 5.32 Å². The molecule has 21 heavy (non-hydrogen) atoms. The van der Waals surface area contributed by atoms with Crippen LogP contribution in [0.5, 0.6) is 0 Å². The van der Waals surface area contributed by atoms with Crippen molar-refractivity contribution in [2.45, 2.75) is 12.7 Å². The predicted octanol–water partition coefficient (Wildman–Crippen LogP) is 3.68. The van der Waals surface area contributed by atoms with Crippen molar-refractivity contribution in [3.63, 3.8) is 0 Å². The number of rotatable bonds is 3. The van der Waals surface area contributed by atoms with Gasteiger partial charge >= 0.3 is 6.18 Å². The predicted molar refractivity (Wildman–Crippen MR) is 71.9 cm³/mol. The van der Waals surface area contributed by atoms with Crippen molar-refractivity contribution >= 4 is 17.5 Å². The van der Waals surface area contributed by atoms with Crippen molar-refractivity contribution in [2.24, 2.45) is 0 Å². The Hall–Kier alpha value is -2.08. The number of pyridine rings is 1. The van der Waals surface area contributed by atoms with Gasteiger partial charge in [-0.3, -0.25) is 9.78 Å². The molecule has 1 aromatic heterocycles. The van der Waals surface area contributed by atoms with E-state index in [0.717, 1.165) is 12.1 Å². The highest BCUT2D eigenvalue weighted by Crippen LogP contribution is 2.29. The second kappa shape index (κ2) is 6.13. The normalized spacial score (nSPS) is 11.2. The number of carbonyl (C=O) groups is 1. The summed E-state index contributed by atoms with van der Waals surface area (Å²) in [5.41, 5.74) is 0.0373. The molecule has 0 unspecified atom stereocenters. The molecule has 1 heterocycles. The van der Waals surface area contributed by atoms with Crippen LogP contribution in [0, 0.1) is 0 Å². The Morgan fingerprint density at radius 2 is 1.86 bits per heavy atom. The molecule has 7 heteroatoms. The summed E-state index contributed by atoms with van der Waals surface area (Å²) in [5.74, 6) is -0.437. The third-order valence-corrected chi connectivity index (χ3v) is 3.08. The average Bonchev–Trinajstić information content (AvgIpc) is 2.45. The largest absolute Gasteiger partial charge is 0.416 e. The van der Waals surface area contributed by atoms with Crippen molar-refractivity contribution < 1.29 is 18.0 Å². The Labute approximate surface area is 123 Å². The number of halogens is 4. The number of aromatic nitrogens is 1. The Morgan fingerprint density at radius 3 is 2.43 bits per heavy atom. The molecule has 0 saturated heterocycles. The van der Waals surface area contributed by atoms with E-state index in [4.69, 9.17) is 11.6 Å². The molecule has 1 amide bonds. The first-order valence-corrected chi connectivity index (χ1v) is 6.29. The number of amides is 1. The van der Waals surface area contributed by atoms with E-state index >= 15 is 0 Å². The van der Waals surface area contributed by atoms with E-state index in [1.807, 2.05) is 0 Å². The highest BCUT2D eigenvalue weighted by molar-refractivity contribution is 6.33. The summed E-state index contributed by atoms with van der Waals surface area (Å²) in [6.45, 7) is 0.0994. The molecular formula is C14H10ClF3N2O. The molecule has 110 valence electrons. The molecule has 0 bridgehead atoms. The lowest BCUT2D eigenvalue weighted by molar-refractivity contribution is -0.137. The van der Waals surface area contributed by atoms with Gasteiger partial charge in [0.05, 0.1) is 16.1 Å². The first-order valence-electron chi connectivity index (χ1n) is 5.92. The van der Waals surface area contributed by atoms with Gasteiger partial charge in [0.15, 0.2) is 0 Å². The molecule has 0 aliphatic carbocycles. The Morgan fingerprint density at radius 1 is 1.19 bits per heavy atom. The maximum atomic E-state index is 12.4. The summed E-state index contributed by atoms with van der Waals surface area (Å²) < 4.78 is 37.2. The van der Waals surface area contributed by atoms with E-state index in [1.54, 1.807) is 0 Å². The van der Waals surface area contributed by atoms with Crippen molar-refractivity contribution in [1.82, 2.24) is 10.3 Å². The summed E-state index contributed by atoms with van der Waals surface area (Å²) >= 11 is 5.85. The molecular weight excluding hydrogens is 305 g/mol. The van der Waals surface area contributed by atoms with Gasteiger partial charge in [-0.2, -0.15) is 13.2 Å². The minimum Gasteiger partial charge on any atom is -0.348 e. The quantitative estimate of drug-likeness (QED) is 0.939. The fraction of sp³-hybridized carbons (Fsp3) is 0.143. The molecule has 0 saturated carbocycles. The molecule has 3 nitrogen and oxygen atoms in total. The fourth-order valence-corrected chi connectivity index (χ4v) is 1.82. The van der Waals surface area contributed by atoms with Crippen LogP contribution >= 0.6 is 11.6 Å². The summed E-state index contributed by atoms with van der Waals surface area (Å²) in [7, 11) is 0. The van der Waals surface area contributed by atoms with Crippen LogP contribution in [0.2, 0.25) is 5.02 Å². The number of nitrogens with one attached hydrogen (secondary N) is 1. The Balaban J connectivity index is 2.00. The first kappa shape index (κ1) is 15.3. The molecule has 0 aliphatic rings. The van der Waals surface area contributed by atoms with Crippen LogP contribution in [0.4, 0.5) is 13.2 Å². The van der Waals surface area contributed by atoms with Gasteiger partial charge in [0, 0.05) is 18.9 Å². The lowest BCUT2D eigenvalue weighted by Crippen LogP contribution is -2.23. The third kappa shape index (κ3) is 3.95. The lowest BCUT2D eigenvalue weighted by atomic mass is 10.1. The molecule has 0 atom stereocenters. The smallest absolute Gasteiger partial charge is 0.348 e. The Kier molecular flexibility index (Phi) is 4.47. The molecule has 0 aliphatic heterocycles. The van der Waals surface area contributed by atoms with Crippen LogP contribution < -0.4 is 5.32 Å². The molecule has 0 spiro atoms. The number of alkyl halides is 3. The molecule has 1 aromatic carbocycles. The van der Waals surface area contributed by atoms with E-state index in [-0.39, 0.29) is 17.1 Å². The van der Waals surface area contributed by atoms with E-state index in [0.29, 0.717) is 5.56 Å². The molecule has 2 rings (SSSR count). The summed E-state index contributed by atoms with van der Waals surface area (Å²) in [6, 6.07) is 6.05. The zero-order chi connectivity index (χ0) is 15.5. The lowest BCUT2D eigenvalue weighted by Gasteiger charge is -2.09. The molecule has 0 radical (unpaired) electrons. The zero-order valence-corrected chi connectivity index (χ0v) is 11.4. The maximum absolute atomic E-state index is 12.4. The number of nitrogens with zero attached hydrogens (tertiary/aromatic N) is 1. The third-order valence-electron chi connectivity index (χ3n) is 2.75. The number of carbonyl (C=O) groups excluding carboxylic acids is 1. The number of hydrogen-bond donors (Lipinski definition) is 1. The van der Waals surface area contributed by atoms with E-state index in [9.17, 15) is 18.0 Å². The van der Waals surface area contributed by atoms with Crippen molar-refractivity contribution in [2.75, 3.05) is 0 Å². The van der Waals surface area contributed by atoms with E-state index in [1.165, 1.54) is 30.6 Å². The Bertz CT molecular complexity index is 641. The maximum Gasteiger partial charge on any atom is 0.416 e. The highest BCUT2D eigenvalue weighted by atomic mass is 35.5. The van der Waals surface area contributed by atoms with Gasteiger partial charge in [0.2, 0.25) is 0 Å². The van der Waals surface area contributed by atoms with Gasteiger partial charge in [0.25, 0.3) is 5.91 Å². The first-order chi connectivity index (χ1) is 9.88. The van der Waals surface area contributed by atoms with Gasteiger partial charge in [-0.1, -0.05) is 23.7 Å². The SMILES string of the molecule is O=C(NCc1ccc(C(F)(F)F)cc1)c1cnccc1Cl. The fourth-order valence-electron chi connectivity index (χ4n) is 1.63. The number of benzene rings is 1. The standard InChI is InChI=1S/C14H10ClF3N2O/c15-12-5-6-19-8-11(12)13(21)20-7-9-1-3-10(4-2-9)14(16,17)18/h1-6,8H,7H2,(H,20,21). The van der Waals surface area contributed by atoms with E-state index < -0.39 is 17.6 Å². The second-order valence-electron chi connectivity index (χ2n) is 4.23. The van der Waals surface area contributed by atoms with Crippen LogP contribution in [0.1, 0.15) is 21.5 Å². The van der Waals surface area contributed by atoms with Crippen molar-refractivity contribution in [3.8, 4) is 0 Å². The number of hydrogen-bond acceptors (Lipinski definition) is 2. The van der Waals surface area contributed by atoms with Gasteiger partial charge in [-0.05, 0) is 23.8 Å². The highest BCUT2D eigenvalue weighted by Gasteiger charge is 2.29. The second-order valence-corrected chi connectivity index (χ2v) is 4.64. The van der Waals surface area contributed by atoms with Crippen LogP contribution in [-0.2, 0) is 12.7 Å². The summed E-state index contributed by atoms with van der Waals surface area (Å²) in [5, 5.41) is 2.83. The van der Waals surface area contributed by atoms with E-state index in [2.05, 4.69) is 10.3 Å². The van der Waals surface area contributed by atoms with Crippen LogP contribution in [0.15, 0.2) is 42.7 Å². The molecule has 0 fully saturated rings. The van der Waals surface area contributed by atoms with Crippen molar-refractivity contribution in [1.29, 1.82) is 0 Å². The zero-order valence-electron chi connectivity index (χ0n) is 10.6. The van der Waals surface area contributed by atoms with Crippen LogP contribution in [-0.4, -0.2) is 10.9 Å². The summed E-state index contributed by atoms with van der Waals surface area (Å²) in [6.07, 6.45) is -1.59. The van der Waals surface area contributed by atoms with Crippen molar-refractivity contribution in [3.05, 3.63) is 64.4 Å². The topological polar surface area (TPSA) is 42.0 Å². The monoisotopic (exact) mass is 314 g/mol. The van der Waals surface area contributed by atoms with Gasteiger partial charge in [-0.15, -0.1) is 0 Å². The van der Waals surface area contributed by atoms with Crippen LogP contribution in [0.3, 0.4) is 0 Å². The molecule has 2 aromatic rings. The molecule has 1 N–H and O–H groups in total.